The average Bonchev–Trinajstić information content (AvgIpc) is 3.27. The van der Waals surface area contributed by atoms with E-state index < -0.39 is 10.2 Å². The van der Waals surface area contributed by atoms with Crippen LogP contribution in [-0.2, 0) is 21.5 Å². The maximum Gasteiger partial charge on any atom is 0.282 e. The van der Waals surface area contributed by atoms with Crippen LogP contribution >= 0.6 is 11.3 Å². The van der Waals surface area contributed by atoms with Crippen molar-refractivity contribution in [2.75, 3.05) is 26.8 Å². The molecule has 3 rings (SSSR count). The van der Waals surface area contributed by atoms with Crippen molar-refractivity contribution in [3.05, 3.63) is 22.4 Å². The van der Waals surface area contributed by atoms with E-state index in [2.05, 4.69) is 5.38 Å². The Morgan fingerprint density at radius 3 is 2.75 bits per heavy atom. The van der Waals surface area contributed by atoms with Crippen LogP contribution in [0.2, 0.25) is 0 Å². The fourth-order valence-corrected chi connectivity index (χ4v) is 6.53. The molecule has 1 saturated heterocycles. The number of hydrogen-bond donors (Lipinski definition) is 0. The minimum absolute atomic E-state index is 0.151. The van der Waals surface area contributed by atoms with Crippen molar-refractivity contribution in [3.8, 4) is 0 Å². The number of hydrogen-bond acceptors (Lipinski definition) is 4. The first-order valence-electron chi connectivity index (χ1n) is 8.88. The Balaban J connectivity index is 1.78. The van der Waals surface area contributed by atoms with Gasteiger partial charge in [0.1, 0.15) is 0 Å². The van der Waals surface area contributed by atoms with Gasteiger partial charge in [-0.1, -0.05) is 12.8 Å². The second-order valence-corrected chi connectivity index (χ2v) is 9.61. The molecule has 0 aromatic carbocycles. The first-order chi connectivity index (χ1) is 11.6. The molecule has 5 nitrogen and oxygen atoms in total. The van der Waals surface area contributed by atoms with E-state index in [-0.39, 0.29) is 6.04 Å². The first kappa shape index (κ1) is 18.3. The molecule has 0 spiro atoms. The van der Waals surface area contributed by atoms with E-state index in [9.17, 15) is 8.42 Å². The van der Waals surface area contributed by atoms with Gasteiger partial charge in [0, 0.05) is 32.8 Å². The van der Waals surface area contributed by atoms with Gasteiger partial charge in [-0.3, -0.25) is 0 Å². The predicted octanol–water partition coefficient (Wildman–Crippen LogP) is 3.10. The molecule has 1 aliphatic carbocycles. The van der Waals surface area contributed by atoms with Crippen LogP contribution in [0.5, 0.6) is 0 Å². The van der Waals surface area contributed by atoms with Gasteiger partial charge in [0.25, 0.3) is 10.2 Å². The van der Waals surface area contributed by atoms with E-state index >= 15 is 0 Å². The zero-order chi connectivity index (χ0) is 17.0. The normalized spacial score (nSPS) is 24.0. The maximum atomic E-state index is 13.4. The average molecular weight is 373 g/mol. The summed E-state index contributed by atoms with van der Waals surface area (Å²) in [7, 11) is -1.73. The Labute approximate surface area is 149 Å². The maximum absolute atomic E-state index is 13.4. The van der Waals surface area contributed by atoms with Gasteiger partial charge >= 0.3 is 0 Å². The summed E-state index contributed by atoms with van der Waals surface area (Å²) < 4.78 is 35.5. The molecular formula is C17H28N2O3S2. The topological polar surface area (TPSA) is 49.9 Å². The lowest BCUT2D eigenvalue weighted by Gasteiger charge is -2.37. The molecule has 0 N–H and O–H groups in total. The molecule has 1 aliphatic heterocycles. The monoisotopic (exact) mass is 372 g/mol. The van der Waals surface area contributed by atoms with Crippen LogP contribution in [0, 0.1) is 5.92 Å². The van der Waals surface area contributed by atoms with Crippen LogP contribution in [0.15, 0.2) is 16.8 Å². The van der Waals surface area contributed by atoms with Gasteiger partial charge in [0.15, 0.2) is 0 Å². The van der Waals surface area contributed by atoms with E-state index in [1.807, 2.05) is 11.4 Å². The molecular weight excluding hydrogens is 344 g/mol. The molecule has 1 aromatic rings. The first-order valence-corrected chi connectivity index (χ1v) is 11.2. The van der Waals surface area contributed by atoms with Crippen LogP contribution in [0.1, 0.15) is 44.1 Å². The fourth-order valence-electron chi connectivity index (χ4n) is 3.91. The Morgan fingerprint density at radius 2 is 2.08 bits per heavy atom. The second-order valence-electron chi connectivity index (χ2n) is 6.94. The summed E-state index contributed by atoms with van der Waals surface area (Å²) in [6.07, 6.45) is 6.20. The third-order valence-corrected chi connectivity index (χ3v) is 7.89. The number of ether oxygens (including phenoxy) is 1. The van der Waals surface area contributed by atoms with Gasteiger partial charge in [0.05, 0.1) is 6.61 Å². The van der Waals surface area contributed by atoms with Crippen LogP contribution in [0.4, 0.5) is 0 Å². The van der Waals surface area contributed by atoms with Crippen molar-refractivity contribution in [2.24, 2.45) is 5.92 Å². The van der Waals surface area contributed by atoms with E-state index in [0.29, 0.717) is 32.2 Å². The molecule has 2 aliphatic rings. The van der Waals surface area contributed by atoms with Gasteiger partial charge in [-0.2, -0.15) is 28.4 Å². The molecule has 0 bridgehead atoms. The van der Waals surface area contributed by atoms with Crippen molar-refractivity contribution in [3.63, 3.8) is 0 Å². The Bertz CT molecular complexity index is 595. The molecule has 136 valence electrons. The van der Waals surface area contributed by atoms with Crippen LogP contribution in [0.25, 0.3) is 0 Å². The lowest BCUT2D eigenvalue weighted by molar-refractivity contribution is 0.115. The summed E-state index contributed by atoms with van der Waals surface area (Å²) in [5.41, 5.74) is 1.10. The molecule has 0 amide bonds. The zero-order valence-corrected chi connectivity index (χ0v) is 16.0. The molecule has 1 saturated carbocycles. The number of piperidine rings is 1. The van der Waals surface area contributed by atoms with Crippen molar-refractivity contribution in [1.82, 2.24) is 8.61 Å². The summed E-state index contributed by atoms with van der Waals surface area (Å²) in [5, 5.41) is 4.08. The van der Waals surface area contributed by atoms with Crippen LogP contribution in [-0.4, -0.2) is 49.9 Å². The number of nitrogens with zero attached hydrogens (tertiary/aromatic N) is 2. The lowest BCUT2D eigenvalue weighted by Crippen LogP contribution is -2.51. The van der Waals surface area contributed by atoms with Gasteiger partial charge < -0.3 is 4.74 Å². The minimum atomic E-state index is -3.42. The summed E-state index contributed by atoms with van der Waals surface area (Å²) >= 11 is 1.63. The molecule has 2 heterocycles. The lowest BCUT2D eigenvalue weighted by atomic mass is 10.0. The molecule has 1 atom stereocenters. The van der Waals surface area contributed by atoms with Gasteiger partial charge in [-0.15, -0.1) is 0 Å². The molecule has 1 unspecified atom stereocenters. The van der Waals surface area contributed by atoms with Crippen molar-refractivity contribution < 1.29 is 13.2 Å². The highest BCUT2D eigenvalue weighted by molar-refractivity contribution is 7.86. The summed E-state index contributed by atoms with van der Waals surface area (Å²) in [4.78, 5) is 0. The Morgan fingerprint density at radius 1 is 1.29 bits per heavy atom. The molecule has 0 radical (unpaired) electrons. The van der Waals surface area contributed by atoms with Crippen molar-refractivity contribution in [2.45, 2.75) is 51.1 Å². The van der Waals surface area contributed by atoms with E-state index in [1.54, 1.807) is 27.1 Å². The second kappa shape index (κ2) is 8.27. The number of methoxy groups -OCH3 is 1. The third-order valence-electron chi connectivity index (χ3n) is 5.16. The fraction of sp³-hybridized carbons (Fsp3) is 0.765. The van der Waals surface area contributed by atoms with E-state index in [1.165, 1.54) is 0 Å². The van der Waals surface area contributed by atoms with Crippen molar-refractivity contribution in [1.29, 1.82) is 0 Å². The standard InChI is InChI=1S/C17H28N2O3S2/c1-22-13-15-5-4-9-18(11-15)24(20,21)19(17-6-2-3-7-17)12-16-8-10-23-14-16/h8,10,14-15,17H,2-7,9,11-13H2,1H3. The van der Waals surface area contributed by atoms with Gasteiger partial charge in [0.2, 0.25) is 0 Å². The number of rotatable bonds is 7. The number of thiophene rings is 1. The molecule has 7 heteroatoms. The zero-order valence-electron chi connectivity index (χ0n) is 14.4. The highest BCUT2D eigenvalue weighted by Gasteiger charge is 2.38. The van der Waals surface area contributed by atoms with Gasteiger partial charge in [-0.05, 0) is 54.0 Å². The predicted molar refractivity (Wildman–Crippen MR) is 97.2 cm³/mol. The van der Waals surface area contributed by atoms with Gasteiger partial charge in [-0.25, -0.2) is 0 Å². The molecule has 2 fully saturated rings. The van der Waals surface area contributed by atoms with Crippen LogP contribution < -0.4 is 0 Å². The SMILES string of the molecule is COCC1CCCN(S(=O)(=O)N(Cc2ccsc2)C2CCCC2)C1. The van der Waals surface area contributed by atoms with E-state index in [0.717, 1.165) is 44.1 Å². The third kappa shape index (κ3) is 4.19. The molecule has 24 heavy (non-hydrogen) atoms. The summed E-state index contributed by atoms with van der Waals surface area (Å²) in [6, 6.07) is 2.18. The largest absolute Gasteiger partial charge is 0.384 e. The smallest absolute Gasteiger partial charge is 0.282 e. The highest BCUT2D eigenvalue weighted by Crippen LogP contribution is 2.31. The minimum Gasteiger partial charge on any atom is -0.384 e. The Kier molecular flexibility index (Phi) is 6.32. The Hall–Kier alpha value is -0.470. The summed E-state index contributed by atoms with van der Waals surface area (Å²) in [6.45, 7) is 2.36. The molecule has 1 aromatic heterocycles. The quantitative estimate of drug-likeness (QED) is 0.739. The highest BCUT2D eigenvalue weighted by atomic mass is 32.2. The van der Waals surface area contributed by atoms with Crippen molar-refractivity contribution >= 4 is 21.5 Å². The van der Waals surface area contributed by atoms with Crippen LogP contribution in [0.3, 0.4) is 0 Å². The summed E-state index contributed by atoms with van der Waals surface area (Å²) in [5.74, 6) is 0.310. The van der Waals surface area contributed by atoms with E-state index in [4.69, 9.17) is 4.74 Å².